The fraction of sp³-hybridized carbons (Fsp3) is 0.300. The highest BCUT2D eigenvalue weighted by molar-refractivity contribution is 5.93. The summed E-state index contributed by atoms with van der Waals surface area (Å²) in [5.41, 5.74) is 3.50. The Kier molecular flexibility index (Phi) is 4.50. The van der Waals surface area contributed by atoms with Crippen LogP contribution in [-0.2, 0) is 0 Å². The summed E-state index contributed by atoms with van der Waals surface area (Å²) >= 11 is 0. The first-order valence-electron chi connectivity index (χ1n) is 4.70. The Morgan fingerprint density at radius 1 is 1.36 bits per heavy atom. The van der Waals surface area contributed by atoms with E-state index in [4.69, 9.17) is 5.84 Å². The predicted molar refractivity (Wildman–Crippen MR) is 60.0 cm³/mol. The minimum absolute atomic E-state index is 0.595. The number of benzene rings is 1. The second-order valence-corrected chi connectivity index (χ2v) is 2.87. The third kappa shape index (κ3) is 3.45. The lowest BCUT2D eigenvalue weighted by Crippen LogP contribution is -2.36. The van der Waals surface area contributed by atoms with Gasteiger partial charge in [0.1, 0.15) is 0 Å². The summed E-state index contributed by atoms with van der Waals surface area (Å²) in [4.78, 5) is 4.23. The Labute approximate surface area is 84.2 Å². The molecular weight excluding hydrogens is 176 g/mol. The number of aliphatic imine (C=N–C) groups is 1. The molecule has 76 valence electrons. The van der Waals surface area contributed by atoms with E-state index in [9.17, 15) is 0 Å². The van der Waals surface area contributed by atoms with E-state index in [-0.39, 0.29) is 0 Å². The minimum Gasteiger partial charge on any atom is -0.325 e. The van der Waals surface area contributed by atoms with Gasteiger partial charge in [0.15, 0.2) is 0 Å². The number of hydrazine groups is 1. The second kappa shape index (κ2) is 5.99. The molecule has 1 rings (SSSR count). The van der Waals surface area contributed by atoms with Crippen LogP contribution in [0.5, 0.6) is 0 Å². The number of hydrogen-bond acceptors (Lipinski definition) is 2. The third-order valence-electron chi connectivity index (χ3n) is 1.67. The van der Waals surface area contributed by atoms with Crippen molar-refractivity contribution in [1.29, 1.82) is 0 Å². The van der Waals surface area contributed by atoms with Crippen LogP contribution in [-0.4, -0.2) is 12.5 Å². The van der Waals surface area contributed by atoms with Crippen LogP contribution in [0, 0.1) is 0 Å². The molecule has 0 fully saturated rings. The van der Waals surface area contributed by atoms with Gasteiger partial charge in [-0.25, -0.2) is 5.84 Å². The molecule has 0 atom stereocenters. The zero-order chi connectivity index (χ0) is 10.2. The Bertz CT molecular complexity index is 281. The van der Waals surface area contributed by atoms with Crippen LogP contribution in [0.25, 0.3) is 0 Å². The summed E-state index contributed by atoms with van der Waals surface area (Å²) < 4.78 is 0. The first kappa shape index (κ1) is 10.5. The molecule has 0 unspecified atom stereocenters. The molecule has 4 heteroatoms. The summed E-state index contributed by atoms with van der Waals surface area (Å²) in [6.45, 7) is 2.83. The molecule has 0 aliphatic heterocycles. The first-order chi connectivity index (χ1) is 6.86. The Morgan fingerprint density at radius 3 is 2.64 bits per heavy atom. The number of nitrogens with one attached hydrogen (secondary N) is 2. The monoisotopic (exact) mass is 192 g/mol. The standard InChI is InChI=1S/C10H16N4/c1-2-8-12-10(14-11)13-9-6-4-3-5-7-9/h3-7H,2,8,11H2,1H3,(H2,12,13,14). The van der Waals surface area contributed by atoms with Crippen molar-refractivity contribution in [1.82, 2.24) is 5.43 Å². The Morgan fingerprint density at radius 2 is 2.07 bits per heavy atom. The average Bonchev–Trinajstić information content (AvgIpc) is 2.25. The molecule has 4 nitrogen and oxygen atoms in total. The predicted octanol–water partition coefficient (Wildman–Crippen LogP) is 1.33. The number of para-hydroxylation sites is 1. The van der Waals surface area contributed by atoms with E-state index in [0.717, 1.165) is 18.7 Å². The molecule has 0 radical (unpaired) electrons. The maximum Gasteiger partial charge on any atom is 0.210 e. The average molecular weight is 192 g/mol. The van der Waals surface area contributed by atoms with Crippen molar-refractivity contribution in [3.8, 4) is 0 Å². The molecule has 14 heavy (non-hydrogen) atoms. The van der Waals surface area contributed by atoms with Gasteiger partial charge in [-0.2, -0.15) is 0 Å². The van der Waals surface area contributed by atoms with Crippen LogP contribution < -0.4 is 16.6 Å². The molecule has 0 aliphatic carbocycles. The van der Waals surface area contributed by atoms with Crippen LogP contribution >= 0.6 is 0 Å². The van der Waals surface area contributed by atoms with Gasteiger partial charge in [-0.05, 0) is 18.6 Å². The van der Waals surface area contributed by atoms with E-state index in [0.29, 0.717) is 5.96 Å². The SMILES string of the molecule is CCCN=C(NN)Nc1ccccc1. The maximum absolute atomic E-state index is 5.32. The quantitative estimate of drug-likeness (QED) is 0.293. The molecular formula is C10H16N4. The summed E-state index contributed by atoms with van der Waals surface area (Å²) in [7, 11) is 0. The number of nitrogens with zero attached hydrogens (tertiary/aromatic N) is 1. The largest absolute Gasteiger partial charge is 0.325 e. The minimum atomic E-state index is 0.595. The second-order valence-electron chi connectivity index (χ2n) is 2.87. The van der Waals surface area contributed by atoms with Crippen molar-refractivity contribution in [3.05, 3.63) is 30.3 Å². The van der Waals surface area contributed by atoms with Gasteiger partial charge in [0.2, 0.25) is 5.96 Å². The molecule has 1 aromatic carbocycles. The van der Waals surface area contributed by atoms with Crippen molar-refractivity contribution in [3.63, 3.8) is 0 Å². The van der Waals surface area contributed by atoms with Gasteiger partial charge < -0.3 is 5.32 Å². The van der Waals surface area contributed by atoms with Crippen molar-refractivity contribution in [2.45, 2.75) is 13.3 Å². The van der Waals surface area contributed by atoms with E-state index in [1.807, 2.05) is 30.3 Å². The fourth-order valence-corrected chi connectivity index (χ4v) is 1.00. The molecule has 0 spiro atoms. The van der Waals surface area contributed by atoms with Crippen LogP contribution in [0.15, 0.2) is 35.3 Å². The van der Waals surface area contributed by atoms with E-state index in [2.05, 4.69) is 22.7 Å². The maximum atomic E-state index is 5.32. The highest BCUT2D eigenvalue weighted by Gasteiger charge is 1.94. The van der Waals surface area contributed by atoms with Gasteiger partial charge in [-0.15, -0.1) is 0 Å². The Hall–Kier alpha value is -1.55. The molecule has 1 aromatic rings. The number of hydrogen-bond donors (Lipinski definition) is 3. The number of anilines is 1. The first-order valence-corrected chi connectivity index (χ1v) is 4.70. The van der Waals surface area contributed by atoms with Crippen LogP contribution in [0.2, 0.25) is 0 Å². The third-order valence-corrected chi connectivity index (χ3v) is 1.67. The zero-order valence-corrected chi connectivity index (χ0v) is 8.33. The Balaban J connectivity index is 2.57. The van der Waals surface area contributed by atoms with Gasteiger partial charge >= 0.3 is 0 Å². The van der Waals surface area contributed by atoms with Crippen LogP contribution in [0.3, 0.4) is 0 Å². The van der Waals surface area contributed by atoms with E-state index < -0.39 is 0 Å². The zero-order valence-electron chi connectivity index (χ0n) is 8.33. The van der Waals surface area contributed by atoms with Gasteiger partial charge in [0, 0.05) is 12.2 Å². The summed E-state index contributed by atoms with van der Waals surface area (Å²) in [6.07, 6.45) is 1.00. The van der Waals surface area contributed by atoms with Crippen molar-refractivity contribution in [2.24, 2.45) is 10.8 Å². The lowest BCUT2D eigenvalue weighted by molar-refractivity contribution is 0.905. The highest BCUT2D eigenvalue weighted by Crippen LogP contribution is 2.03. The lowest BCUT2D eigenvalue weighted by atomic mass is 10.3. The topological polar surface area (TPSA) is 62.4 Å². The van der Waals surface area contributed by atoms with Crippen LogP contribution in [0.4, 0.5) is 5.69 Å². The smallest absolute Gasteiger partial charge is 0.210 e. The van der Waals surface area contributed by atoms with Crippen LogP contribution in [0.1, 0.15) is 13.3 Å². The molecule has 0 aliphatic rings. The summed E-state index contributed by atoms with van der Waals surface area (Å²) in [5.74, 6) is 5.91. The number of nitrogens with two attached hydrogens (primary N) is 1. The molecule has 0 aromatic heterocycles. The molecule has 0 amide bonds. The molecule has 4 N–H and O–H groups in total. The highest BCUT2D eigenvalue weighted by atomic mass is 15.3. The van der Waals surface area contributed by atoms with Gasteiger partial charge in [-0.1, -0.05) is 25.1 Å². The van der Waals surface area contributed by atoms with Gasteiger partial charge in [0.25, 0.3) is 0 Å². The van der Waals surface area contributed by atoms with Crippen molar-refractivity contribution in [2.75, 3.05) is 11.9 Å². The molecule has 0 saturated carbocycles. The number of rotatable bonds is 3. The van der Waals surface area contributed by atoms with Gasteiger partial charge in [0.05, 0.1) is 0 Å². The molecule has 0 saturated heterocycles. The lowest BCUT2D eigenvalue weighted by Gasteiger charge is -2.08. The normalized spacial score (nSPS) is 11.1. The van der Waals surface area contributed by atoms with E-state index in [1.54, 1.807) is 0 Å². The summed E-state index contributed by atoms with van der Waals surface area (Å²) in [5, 5.41) is 3.08. The number of guanidine groups is 1. The summed E-state index contributed by atoms with van der Waals surface area (Å²) in [6, 6.07) is 9.79. The van der Waals surface area contributed by atoms with E-state index >= 15 is 0 Å². The molecule has 0 heterocycles. The van der Waals surface area contributed by atoms with Gasteiger partial charge in [-0.3, -0.25) is 10.4 Å². The molecule has 0 bridgehead atoms. The van der Waals surface area contributed by atoms with Crippen molar-refractivity contribution < 1.29 is 0 Å². The van der Waals surface area contributed by atoms with E-state index in [1.165, 1.54) is 0 Å². The van der Waals surface area contributed by atoms with Crippen molar-refractivity contribution >= 4 is 11.6 Å². The fourth-order valence-electron chi connectivity index (χ4n) is 1.00.